The van der Waals surface area contributed by atoms with Gasteiger partial charge in [-0.25, -0.2) is 0 Å². The second-order valence-electron chi connectivity index (χ2n) is 5.83. The summed E-state index contributed by atoms with van der Waals surface area (Å²) in [5.41, 5.74) is 1.39. The van der Waals surface area contributed by atoms with Crippen molar-refractivity contribution in [1.82, 2.24) is 10.2 Å². The fraction of sp³-hybridized carbons (Fsp3) is 0.625. The zero-order valence-electron chi connectivity index (χ0n) is 12.0. The normalized spacial score (nSPS) is 23.8. The molecule has 1 saturated carbocycles. The van der Waals surface area contributed by atoms with Crippen LogP contribution >= 0.6 is 15.9 Å². The molecule has 1 N–H and O–H groups in total. The summed E-state index contributed by atoms with van der Waals surface area (Å²) in [5, 5.41) is 3.41. The van der Waals surface area contributed by atoms with E-state index in [1.54, 1.807) is 0 Å². The molecule has 19 heavy (non-hydrogen) atoms. The molecule has 0 heterocycles. The van der Waals surface area contributed by atoms with Gasteiger partial charge in [-0.15, -0.1) is 0 Å². The van der Waals surface area contributed by atoms with E-state index in [-0.39, 0.29) is 0 Å². The third-order valence-corrected chi connectivity index (χ3v) is 4.66. The van der Waals surface area contributed by atoms with Gasteiger partial charge in [0.1, 0.15) is 0 Å². The Morgan fingerprint density at radius 3 is 2.63 bits per heavy atom. The largest absolute Gasteiger partial charge is 0.317 e. The van der Waals surface area contributed by atoms with Crippen molar-refractivity contribution in [2.45, 2.75) is 38.3 Å². The van der Waals surface area contributed by atoms with Gasteiger partial charge in [0, 0.05) is 23.6 Å². The van der Waals surface area contributed by atoms with Gasteiger partial charge in [0.25, 0.3) is 0 Å². The van der Waals surface area contributed by atoms with Gasteiger partial charge < -0.3 is 10.2 Å². The molecule has 106 valence electrons. The Bertz CT molecular complexity index is 386. The van der Waals surface area contributed by atoms with Gasteiger partial charge in [-0.1, -0.05) is 28.1 Å². The van der Waals surface area contributed by atoms with Crippen molar-refractivity contribution in [2.24, 2.45) is 5.92 Å². The lowest BCUT2D eigenvalue weighted by Gasteiger charge is -2.31. The van der Waals surface area contributed by atoms with E-state index in [9.17, 15) is 0 Å². The number of nitrogens with one attached hydrogen (secondary N) is 1. The van der Waals surface area contributed by atoms with Gasteiger partial charge in [-0.3, -0.25) is 0 Å². The third-order valence-electron chi connectivity index (χ3n) is 4.17. The molecular formula is C16H25BrN2. The summed E-state index contributed by atoms with van der Waals surface area (Å²) in [7, 11) is 4.33. The molecule has 3 heteroatoms. The molecule has 1 aliphatic rings. The van der Waals surface area contributed by atoms with Gasteiger partial charge in [-0.05, 0) is 63.4 Å². The van der Waals surface area contributed by atoms with Crippen LogP contribution < -0.4 is 5.32 Å². The monoisotopic (exact) mass is 324 g/mol. The number of hydrogen-bond acceptors (Lipinski definition) is 2. The van der Waals surface area contributed by atoms with Crippen LogP contribution in [0, 0.1) is 5.92 Å². The van der Waals surface area contributed by atoms with E-state index < -0.39 is 0 Å². The first-order chi connectivity index (χ1) is 9.17. The maximum Gasteiger partial charge on any atom is 0.0231 e. The number of benzene rings is 1. The summed E-state index contributed by atoms with van der Waals surface area (Å²) in [6.45, 7) is 2.27. The van der Waals surface area contributed by atoms with Gasteiger partial charge in [0.05, 0.1) is 0 Å². The van der Waals surface area contributed by atoms with E-state index in [2.05, 4.69) is 64.5 Å². The van der Waals surface area contributed by atoms with Crippen molar-refractivity contribution in [3.8, 4) is 0 Å². The molecule has 0 radical (unpaired) electrons. The molecule has 0 aliphatic heterocycles. The molecule has 1 aromatic rings. The maximum absolute atomic E-state index is 3.54. The second-order valence-corrected chi connectivity index (χ2v) is 6.75. The molecule has 2 nitrogen and oxygen atoms in total. The van der Waals surface area contributed by atoms with Crippen LogP contribution in [0.2, 0.25) is 0 Å². The smallest absolute Gasteiger partial charge is 0.0231 e. The summed E-state index contributed by atoms with van der Waals surface area (Å²) in [6, 6.07) is 9.38. The first kappa shape index (κ1) is 15.0. The summed E-state index contributed by atoms with van der Waals surface area (Å²) >= 11 is 3.54. The number of hydrogen-bond donors (Lipinski definition) is 1. The summed E-state index contributed by atoms with van der Waals surface area (Å²) in [4.78, 5) is 2.46. The molecule has 1 fully saturated rings. The Labute approximate surface area is 125 Å². The zero-order valence-corrected chi connectivity index (χ0v) is 13.6. The average molecular weight is 325 g/mol. The van der Waals surface area contributed by atoms with Crippen LogP contribution in [0.25, 0.3) is 0 Å². The van der Waals surface area contributed by atoms with Gasteiger partial charge in [0.15, 0.2) is 0 Å². The van der Waals surface area contributed by atoms with Crippen molar-refractivity contribution in [1.29, 1.82) is 0 Å². The van der Waals surface area contributed by atoms with Crippen molar-refractivity contribution < 1.29 is 0 Å². The van der Waals surface area contributed by atoms with Crippen LogP contribution in [0.1, 0.15) is 31.2 Å². The first-order valence-electron chi connectivity index (χ1n) is 7.27. The van der Waals surface area contributed by atoms with Crippen LogP contribution in [-0.2, 0) is 6.54 Å². The average Bonchev–Trinajstić information content (AvgIpc) is 2.39. The predicted molar refractivity (Wildman–Crippen MR) is 85.3 cm³/mol. The summed E-state index contributed by atoms with van der Waals surface area (Å²) in [6.07, 6.45) is 5.42. The highest BCUT2D eigenvalue weighted by Gasteiger charge is 2.20. The molecule has 0 unspecified atom stereocenters. The zero-order chi connectivity index (χ0) is 13.7. The van der Waals surface area contributed by atoms with Crippen LogP contribution in [-0.4, -0.2) is 31.6 Å². The standard InChI is InChI=1S/C16H25BrN2/c1-18-16-8-6-13(7-9-16)11-19(2)12-14-4-3-5-15(17)10-14/h3-5,10,13,16,18H,6-9,11-12H2,1-2H3. The minimum absolute atomic E-state index is 0.756. The highest BCUT2D eigenvalue weighted by molar-refractivity contribution is 9.10. The molecule has 1 aliphatic carbocycles. The Kier molecular flexibility index (Phi) is 5.86. The Morgan fingerprint density at radius 1 is 1.26 bits per heavy atom. The highest BCUT2D eigenvalue weighted by atomic mass is 79.9. The quantitative estimate of drug-likeness (QED) is 0.889. The number of rotatable bonds is 5. The minimum Gasteiger partial charge on any atom is -0.317 e. The van der Waals surface area contributed by atoms with Crippen molar-refractivity contribution >= 4 is 15.9 Å². The molecule has 0 aromatic heterocycles. The molecule has 0 atom stereocenters. The Balaban J connectivity index is 1.77. The molecule has 0 bridgehead atoms. The maximum atomic E-state index is 3.54. The molecule has 0 spiro atoms. The van der Waals surface area contributed by atoms with Crippen molar-refractivity contribution in [3.63, 3.8) is 0 Å². The summed E-state index contributed by atoms with van der Waals surface area (Å²) in [5.74, 6) is 0.877. The van der Waals surface area contributed by atoms with E-state index >= 15 is 0 Å². The minimum atomic E-state index is 0.756. The van der Waals surface area contributed by atoms with Crippen LogP contribution in [0.3, 0.4) is 0 Å². The molecule has 1 aromatic carbocycles. The molecule has 0 saturated heterocycles. The van der Waals surface area contributed by atoms with Gasteiger partial charge in [0.2, 0.25) is 0 Å². The summed E-state index contributed by atoms with van der Waals surface area (Å²) < 4.78 is 1.17. The van der Waals surface area contributed by atoms with E-state index in [0.717, 1.165) is 18.5 Å². The van der Waals surface area contributed by atoms with Gasteiger partial charge >= 0.3 is 0 Å². The first-order valence-corrected chi connectivity index (χ1v) is 8.07. The lowest BCUT2D eigenvalue weighted by molar-refractivity contribution is 0.211. The Morgan fingerprint density at radius 2 is 2.00 bits per heavy atom. The molecule has 2 rings (SSSR count). The fourth-order valence-corrected chi connectivity index (χ4v) is 3.53. The van der Waals surface area contributed by atoms with E-state index in [0.29, 0.717) is 0 Å². The van der Waals surface area contributed by atoms with Crippen molar-refractivity contribution in [2.75, 3.05) is 20.6 Å². The number of nitrogens with zero attached hydrogens (tertiary/aromatic N) is 1. The predicted octanol–water partition coefficient (Wildman–Crippen LogP) is 3.66. The van der Waals surface area contributed by atoms with Crippen LogP contribution in [0.4, 0.5) is 0 Å². The van der Waals surface area contributed by atoms with Crippen LogP contribution in [0.5, 0.6) is 0 Å². The Hall–Kier alpha value is -0.380. The lowest BCUT2D eigenvalue weighted by atomic mass is 9.86. The third kappa shape index (κ3) is 4.90. The lowest BCUT2D eigenvalue weighted by Crippen LogP contribution is -2.34. The highest BCUT2D eigenvalue weighted by Crippen LogP contribution is 2.25. The van der Waals surface area contributed by atoms with E-state index in [1.165, 1.54) is 42.3 Å². The number of halogens is 1. The molecule has 0 amide bonds. The molecular weight excluding hydrogens is 300 g/mol. The van der Waals surface area contributed by atoms with Crippen LogP contribution in [0.15, 0.2) is 28.7 Å². The van der Waals surface area contributed by atoms with Crippen molar-refractivity contribution in [3.05, 3.63) is 34.3 Å². The van der Waals surface area contributed by atoms with E-state index in [4.69, 9.17) is 0 Å². The fourth-order valence-electron chi connectivity index (χ4n) is 3.09. The SMILES string of the molecule is CNC1CCC(CN(C)Cc2cccc(Br)c2)CC1. The second kappa shape index (κ2) is 7.41. The van der Waals surface area contributed by atoms with Gasteiger partial charge in [-0.2, -0.15) is 0 Å². The van der Waals surface area contributed by atoms with E-state index in [1.807, 2.05) is 0 Å². The topological polar surface area (TPSA) is 15.3 Å².